The van der Waals surface area contributed by atoms with Crippen molar-refractivity contribution in [3.63, 3.8) is 0 Å². The highest BCUT2D eigenvalue weighted by Gasteiger charge is 2.22. The SMILES string of the molecule is Cc1ccccc1P(c1ccccc1C)c1ccccc1N(C)C. The Morgan fingerprint density at radius 2 is 1.00 bits per heavy atom. The van der Waals surface area contributed by atoms with Gasteiger partial charge in [-0.05, 0) is 49.6 Å². The average molecular weight is 333 g/mol. The molecule has 0 aliphatic heterocycles. The van der Waals surface area contributed by atoms with Gasteiger partial charge in [-0.15, -0.1) is 0 Å². The summed E-state index contributed by atoms with van der Waals surface area (Å²) < 4.78 is 0. The lowest BCUT2D eigenvalue weighted by molar-refractivity contribution is 1.14. The lowest BCUT2D eigenvalue weighted by Crippen LogP contribution is -2.27. The summed E-state index contributed by atoms with van der Waals surface area (Å²) in [4.78, 5) is 2.22. The van der Waals surface area contributed by atoms with Gasteiger partial charge in [-0.3, -0.25) is 0 Å². The Bertz CT molecular complexity index is 793. The van der Waals surface area contributed by atoms with Crippen molar-refractivity contribution >= 4 is 29.5 Å². The standard InChI is InChI=1S/C22H24NP/c1-17-11-5-8-14-20(17)24(21-15-9-6-12-18(21)2)22-16-10-7-13-19(22)23(3)4/h5-16H,1-4H3. The van der Waals surface area contributed by atoms with Crippen molar-refractivity contribution < 1.29 is 0 Å². The molecule has 0 aliphatic carbocycles. The van der Waals surface area contributed by atoms with Gasteiger partial charge in [-0.1, -0.05) is 66.7 Å². The van der Waals surface area contributed by atoms with E-state index in [1.807, 2.05) is 0 Å². The van der Waals surface area contributed by atoms with Gasteiger partial charge in [0, 0.05) is 25.1 Å². The van der Waals surface area contributed by atoms with E-state index in [9.17, 15) is 0 Å². The molecule has 122 valence electrons. The summed E-state index contributed by atoms with van der Waals surface area (Å²) in [5.41, 5.74) is 4.02. The van der Waals surface area contributed by atoms with E-state index in [-0.39, 0.29) is 0 Å². The lowest BCUT2D eigenvalue weighted by atomic mass is 10.2. The molecule has 0 unspecified atom stereocenters. The Hall–Kier alpha value is -2.11. The largest absolute Gasteiger partial charge is 0.377 e. The van der Waals surface area contributed by atoms with Gasteiger partial charge in [-0.25, -0.2) is 0 Å². The van der Waals surface area contributed by atoms with Gasteiger partial charge in [0.1, 0.15) is 0 Å². The summed E-state index contributed by atoms with van der Waals surface area (Å²) in [6.07, 6.45) is 0. The highest BCUT2D eigenvalue weighted by Crippen LogP contribution is 2.38. The predicted octanol–water partition coefficient (Wildman–Crippen LogP) is 4.13. The van der Waals surface area contributed by atoms with Crippen LogP contribution in [0.25, 0.3) is 0 Å². The van der Waals surface area contributed by atoms with Crippen molar-refractivity contribution in [3.05, 3.63) is 83.9 Å². The molecule has 0 atom stereocenters. The van der Waals surface area contributed by atoms with Crippen LogP contribution < -0.4 is 20.8 Å². The minimum absolute atomic E-state index is 0.583. The average Bonchev–Trinajstić information content (AvgIpc) is 2.59. The molecule has 0 heterocycles. The smallest absolute Gasteiger partial charge is 0.0445 e. The van der Waals surface area contributed by atoms with Crippen LogP contribution in [0.2, 0.25) is 0 Å². The van der Waals surface area contributed by atoms with E-state index < -0.39 is 7.92 Å². The third-order valence-electron chi connectivity index (χ3n) is 4.32. The fraction of sp³-hybridized carbons (Fsp3) is 0.182. The Labute approximate surface area is 146 Å². The number of anilines is 1. The van der Waals surface area contributed by atoms with Gasteiger partial charge < -0.3 is 4.90 Å². The number of hydrogen-bond acceptors (Lipinski definition) is 1. The maximum absolute atomic E-state index is 2.29. The van der Waals surface area contributed by atoms with Crippen LogP contribution >= 0.6 is 7.92 Å². The molecule has 3 rings (SSSR count). The summed E-state index contributed by atoms with van der Waals surface area (Å²) in [5.74, 6) is 0. The molecule has 1 nitrogen and oxygen atoms in total. The topological polar surface area (TPSA) is 3.24 Å². The number of hydrogen-bond donors (Lipinski definition) is 0. The Kier molecular flexibility index (Phi) is 5.02. The van der Waals surface area contributed by atoms with Crippen LogP contribution in [-0.4, -0.2) is 14.1 Å². The molecule has 24 heavy (non-hydrogen) atoms. The van der Waals surface area contributed by atoms with E-state index in [1.165, 1.54) is 32.7 Å². The molecule has 0 saturated heterocycles. The third-order valence-corrected chi connectivity index (χ3v) is 7.14. The quantitative estimate of drug-likeness (QED) is 0.649. The second-order valence-electron chi connectivity index (χ2n) is 6.29. The molecule has 0 aliphatic rings. The Morgan fingerprint density at radius 1 is 0.583 bits per heavy atom. The van der Waals surface area contributed by atoms with Crippen molar-refractivity contribution in [1.29, 1.82) is 0 Å². The molecular formula is C22H24NP. The van der Waals surface area contributed by atoms with Crippen LogP contribution in [-0.2, 0) is 0 Å². The molecule has 3 aromatic carbocycles. The van der Waals surface area contributed by atoms with Crippen LogP contribution in [0.5, 0.6) is 0 Å². The summed E-state index contributed by atoms with van der Waals surface area (Å²) >= 11 is 0. The molecular weight excluding hydrogens is 309 g/mol. The number of rotatable bonds is 4. The van der Waals surface area contributed by atoms with Gasteiger partial charge >= 0.3 is 0 Å². The zero-order valence-electron chi connectivity index (χ0n) is 14.8. The Morgan fingerprint density at radius 3 is 1.46 bits per heavy atom. The molecule has 0 saturated carbocycles. The fourth-order valence-corrected chi connectivity index (χ4v) is 5.89. The summed E-state index contributed by atoms with van der Waals surface area (Å²) in [6, 6.07) is 26.4. The highest BCUT2D eigenvalue weighted by molar-refractivity contribution is 7.80. The number of aryl methyl sites for hydroxylation is 2. The van der Waals surface area contributed by atoms with Crippen LogP contribution in [0.15, 0.2) is 72.8 Å². The van der Waals surface area contributed by atoms with Gasteiger partial charge in [0.2, 0.25) is 0 Å². The normalized spacial score (nSPS) is 10.9. The van der Waals surface area contributed by atoms with Crippen molar-refractivity contribution in [2.24, 2.45) is 0 Å². The van der Waals surface area contributed by atoms with Crippen molar-refractivity contribution in [3.8, 4) is 0 Å². The van der Waals surface area contributed by atoms with Gasteiger partial charge in [0.05, 0.1) is 0 Å². The first-order valence-electron chi connectivity index (χ1n) is 8.27. The zero-order chi connectivity index (χ0) is 17.1. The molecule has 3 aromatic rings. The molecule has 0 radical (unpaired) electrons. The third kappa shape index (κ3) is 3.23. The summed E-state index contributed by atoms with van der Waals surface area (Å²) in [6.45, 7) is 4.45. The molecule has 0 fully saturated rings. The van der Waals surface area contributed by atoms with Crippen LogP contribution in [0.3, 0.4) is 0 Å². The fourth-order valence-electron chi connectivity index (χ4n) is 3.05. The van der Waals surface area contributed by atoms with Crippen LogP contribution in [0.4, 0.5) is 5.69 Å². The maximum atomic E-state index is 2.29. The van der Waals surface area contributed by atoms with E-state index in [1.54, 1.807) is 0 Å². The van der Waals surface area contributed by atoms with E-state index in [0.717, 1.165) is 0 Å². The maximum Gasteiger partial charge on any atom is 0.0445 e. The first-order chi connectivity index (χ1) is 11.6. The lowest BCUT2D eigenvalue weighted by Gasteiger charge is -2.27. The highest BCUT2D eigenvalue weighted by atomic mass is 31.1. The van der Waals surface area contributed by atoms with Gasteiger partial charge in [-0.2, -0.15) is 0 Å². The van der Waals surface area contributed by atoms with Crippen LogP contribution in [0.1, 0.15) is 11.1 Å². The zero-order valence-corrected chi connectivity index (χ0v) is 15.7. The molecule has 0 aromatic heterocycles. The van der Waals surface area contributed by atoms with Gasteiger partial charge in [0.15, 0.2) is 0 Å². The Balaban J connectivity index is 2.29. The second kappa shape index (κ2) is 7.20. The first kappa shape index (κ1) is 16.7. The van der Waals surface area contributed by atoms with Crippen LogP contribution in [0, 0.1) is 13.8 Å². The van der Waals surface area contributed by atoms with E-state index in [4.69, 9.17) is 0 Å². The molecule has 0 spiro atoms. The monoisotopic (exact) mass is 333 g/mol. The van der Waals surface area contributed by atoms with Crippen molar-refractivity contribution in [2.75, 3.05) is 19.0 Å². The molecule has 0 bridgehead atoms. The predicted molar refractivity (Wildman–Crippen MR) is 109 cm³/mol. The number of benzene rings is 3. The van der Waals surface area contributed by atoms with E-state index in [2.05, 4.69) is 106 Å². The summed E-state index contributed by atoms with van der Waals surface area (Å²) in [5, 5.41) is 4.30. The summed E-state index contributed by atoms with van der Waals surface area (Å²) in [7, 11) is 3.67. The van der Waals surface area contributed by atoms with E-state index in [0.29, 0.717) is 0 Å². The van der Waals surface area contributed by atoms with Gasteiger partial charge in [0.25, 0.3) is 0 Å². The second-order valence-corrected chi connectivity index (χ2v) is 8.41. The van der Waals surface area contributed by atoms with E-state index >= 15 is 0 Å². The number of nitrogens with zero attached hydrogens (tertiary/aromatic N) is 1. The molecule has 0 N–H and O–H groups in total. The number of para-hydroxylation sites is 1. The molecule has 0 amide bonds. The molecule has 2 heteroatoms. The van der Waals surface area contributed by atoms with Crippen molar-refractivity contribution in [1.82, 2.24) is 0 Å². The first-order valence-corrected chi connectivity index (χ1v) is 9.61. The minimum Gasteiger partial charge on any atom is -0.377 e. The van der Waals surface area contributed by atoms with Crippen molar-refractivity contribution in [2.45, 2.75) is 13.8 Å². The minimum atomic E-state index is -0.583.